The van der Waals surface area contributed by atoms with E-state index in [-0.39, 0.29) is 17.7 Å². The van der Waals surface area contributed by atoms with Crippen molar-refractivity contribution in [3.8, 4) is 5.75 Å². The van der Waals surface area contributed by atoms with Crippen LogP contribution in [0.15, 0.2) is 99.9 Å². The van der Waals surface area contributed by atoms with Crippen molar-refractivity contribution in [1.82, 2.24) is 4.57 Å². The number of fused-ring (bicyclic) bond motifs is 1. The predicted octanol–water partition coefficient (Wildman–Crippen LogP) is 4.52. The quantitative estimate of drug-likeness (QED) is 0.331. The molecule has 8 heteroatoms. The van der Waals surface area contributed by atoms with Crippen molar-refractivity contribution in [2.45, 2.75) is 26.5 Å². The smallest absolute Gasteiger partial charge is 0.338 e. The highest BCUT2D eigenvalue weighted by molar-refractivity contribution is 7.07. The number of benzene rings is 3. The maximum absolute atomic E-state index is 13.7. The molecule has 192 valence electrons. The van der Waals surface area contributed by atoms with Crippen molar-refractivity contribution < 1.29 is 18.7 Å². The third-order valence-electron chi connectivity index (χ3n) is 6.13. The molecule has 38 heavy (non-hydrogen) atoms. The van der Waals surface area contributed by atoms with Crippen molar-refractivity contribution in [2.75, 3.05) is 6.61 Å². The summed E-state index contributed by atoms with van der Waals surface area (Å²) in [4.78, 5) is 31.6. The van der Waals surface area contributed by atoms with E-state index in [9.17, 15) is 14.0 Å². The van der Waals surface area contributed by atoms with Gasteiger partial charge in [0.25, 0.3) is 5.56 Å². The number of allylic oxidation sites excluding steroid dienone is 1. The number of thiazole rings is 1. The van der Waals surface area contributed by atoms with Crippen molar-refractivity contribution >= 4 is 23.4 Å². The number of nitrogens with zero attached hydrogens (tertiary/aromatic N) is 2. The number of hydrogen-bond donors (Lipinski definition) is 0. The average Bonchev–Trinajstić information content (AvgIpc) is 3.22. The number of esters is 1. The standard InChI is InChI=1S/C30H25FN2O4S/c1-3-36-29(35)26-19(2)32-30-33(27(26)22-11-13-23(31)14-12-22)28(34)25(38-30)17-20-9-15-24(16-10-20)37-18-21-7-5-4-6-8-21/h4-17,27H,3,18H2,1-2H3/b25-17-. The fraction of sp³-hybridized carbons (Fsp3) is 0.167. The topological polar surface area (TPSA) is 69.9 Å². The molecule has 0 fully saturated rings. The van der Waals surface area contributed by atoms with E-state index in [1.807, 2.05) is 54.6 Å². The zero-order valence-electron chi connectivity index (χ0n) is 20.9. The summed E-state index contributed by atoms with van der Waals surface area (Å²) in [5.41, 5.74) is 2.92. The molecule has 0 spiro atoms. The molecule has 1 atom stereocenters. The second-order valence-electron chi connectivity index (χ2n) is 8.70. The number of halogens is 1. The molecular weight excluding hydrogens is 503 g/mol. The lowest BCUT2D eigenvalue weighted by Gasteiger charge is -2.24. The fourth-order valence-electron chi connectivity index (χ4n) is 4.30. The first-order valence-corrected chi connectivity index (χ1v) is 13.0. The molecule has 1 aliphatic heterocycles. The lowest BCUT2D eigenvalue weighted by Crippen LogP contribution is -2.39. The van der Waals surface area contributed by atoms with E-state index >= 15 is 0 Å². The third kappa shape index (κ3) is 5.21. The molecule has 0 amide bonds. The molecule has 1 aromatic heterocycles. The summed E-state index contributed by atoms with van der Waals surface area (Å²) in [6, 6.07) is 22.4. The van der Waals surface area contributed by atoms with Gasteiger partial charge < -0.3 is 9.47 Å². The number of ether oxygens (including phenoxy) is 2. The van der Waals surface area contributed by atoms with Crippen LogP contribution in [0.2, 0.25) is 0 Å². The summed E-state index contributed by atoms with van der Waals surface area (Å²) in [7, 11) is 0. The van der Waals surface area contributed by atoms with Gasteiger partial charge in [-0.1, -0.05) is 65.9 Å². The molecule has 0 saturated heterocycles. The van der Waals surface area contributed by atoms with Crippen LogP contribution in [0, 0.1) is 5.82 Å². The van der Waals surface area contributed by atoms with Gasteiger partial charge in [-0.2, -0.15) is 0 Å². The van der Waals surface area contributed by atoms with Gasteiger partial charge in [0.05, 0.1) is 28.5 Å². The molecule has 2 heterocycles. The number of rotatable bonds is 7. The van der Waals surface area contributed by atoms with Gasteiger partial charge in [0, 0.05) is 0 Å². The van der Waals surface area contributed by atoms with Crippen LogP contribution in [0.5, 0.6) is 5.75 Å². The average molecular weight is 529 g/mol. The zero-order chi connectivity index (χ0) is 26.6. The predicted molar refractivity (Wildman–Crippen MR) is 144 cm³/mol. The Bertz CT molecular complexity index is 1670. The van der Waals surface area contributed by atoms with E-state index in [1.54, 1.807) is 32.1 Å². The van der Waals surface area contributed by atoms with Gasteiger partial charge in [-0.3, -0.25) is 9.36 Å². The Balaban J connectivity index is 1.51. The number of aromatic nitrogens is 1. The Labute approximate surface area is 222 Å². The summed E-state index contributed by atoms with van der Waals surface area (Å²) >= 11 is 1.24. The van der Waals surface area contributed by atoms with Gasteiger partial charge in [-0.15, -0.1) is 0 Å². The number of hydrogen-bond acceptors (Lipinski definition) is 6. The molecule has 3 aromatic carbocycles. The highest BCUT2D eigenvalue weighted by Crippen LogP contribution is 2.30. The van der Waals surface area contributed by atoms with Crippen molar-refractivity contribution in [1.29, 1.82) is 0 Å². The Morgan fingerprint density at radius 1 is 1.05 bits per heavy atom. The van der Waals surface area contributed by atoms with E-state index in [4.69, 9.17) is 9.47 Å². The molecular formula is C30H25FN2O4S. The Morgan fingerprint density at radius 3 is 2.45 bits per heavy atom. The summed E-state index contributed by atoms with van der Waals surface area (Å²) in [5, 5.41) is 0. The monoisotopic (exact) mass is 528 g/mol. The first-order valence-electron chi connectivity index (χ1n) is 12.2. The van der Waals surface area contributed by atoms with E-state index in [0.29, 0.717) is 27.2 Å². The van der Waals surface area contributed by atoms with Crippen LogP contribution in [-0.4, -0.2) is 17.1 Å². The Morgan fingerprint density at radius 2 is 1.76 bits per heavy atom. The summed E-state index contributed by atoms with van der Waals surface area (Å²) in [6.07, 6.45) is 1.79. The molecule has 5 rings (SSSR count). The normalized spacial score (nSPS) is 15.1. The van der Waals surface area contributed by atoms with Crippen LogP contribution in [0.3, 0.4) is 0 Å². The highest BCUT2D eigenvalue weighted by Gasteiger charge is 2.33. The second-order valence-corrected chi connectivity index (χ2v) is 9.71. The fourth-order valence-corrected chi connectivity index (χ4v) is 5.35. The van der Waals surface area contributed by atoms with Gasteiger partial charge >= 0.3 is 5.97 Å². The molecule has 0 bridgehead atoms. The Hall–Kier alpha value is -4.30. The minimum atomic E-state index is -0.776. The molecule has 0 aliphatic carbocycles. The number of carbonyl (C=O) groups is 1. The van der Waals surface area contributed by atoms with Crippen LogP contribution in [-0.2, 0) is 16.1 Å². The zero-order valence-corrected chi connectivity index (χ0v) is 21.7. The largest absolute Gasteiger partial charge is 0.489 e. The van der Waals surface area contributed by atoms with Crippen LogP contribution in [0.25, 0.3) is 6.08 Å². The van der Waals surface area contributed by atoms with E-state index in [2.05, 4.69) is 4.99 Å². The van der Waals surface area contributed by atoms with E-state index < -0.39 is 17.8 Å². The summed E-state index contributed by atoms with van der Waals surface area (Å²) in [5.74, 6) is -0.238. The third-order valence-corrected chi connectivity index (χ3v) is 7.11. The van der Waals surface area contributed by atoms with Gasteiger partial charge in [-0.05, 0) is 60.9 Å². The molecule has 1 unspecified atom stereocenters. The summed E-state index contributed by atoms with van der Waals surface area (Å²) in [6.45, 7) is 4.08. The van der Waals surface area contributed by atoms with Crippen LogP contribution < -0.4 is 19.6 Å². The molecule has 0 N–H and O–H groups in total. The van der Waals surface area contributed by atoms with E-state index in [1.165, 1.54) is 28.0 Å². The molecule has 4 aromatic rings. The van der Waals surface area contributed by atoms with Crippen molar-refractivity contribution in [3.05, 3.63) is 132 Å². The van der Waals surface area contributed by atoms with Crippen LogP contribution in [0.4, 0.5) is 4.39 Å². The lowest BCUT2D eigenvalue weighted by atomic mass is 9.96. The lowest BCUT2D eigenvalue weighted by molar-refractivity contribution is -0.139. The van der Waals surface area contributed by atoms with Crippen molar-refractivity contribution in [2.24, 2.45) is 4.99 Å². The minimum absolute atomic E-state index is 0.182. The molecule has 6 nitrogen and oxygen atoms in total. The maximum Gasteiger partial charge on any atom is 0.338 e. The van der Waals surface area contributed by atoms with Gasteiger partial charge in [-0.25, -0.2) is 14.2 Å². The number of carbonyl (C=O) groups excluding carboxylic acids is 1. The molecule has 0 saturated carbocycles. The van der Waals surface area contributed by atoms with Crippen LogP contribution >= 0.6 is 11.3 Å². The minimum Gasteiger partial charge on any atom is -0.489 e. The first kappa shape index (κ1) is 25.4. The SMILES string of the molecule is CCOC(=O)C1=C(C)N=c2s/c(=C\c3ccc(OCc4ccccc4)cc3)c(=O)n2C1c1ccc(F)cc1. The van der Waals surface area contributed by atoms with Crippen LogP contribution in [0.1, 0.15) is 36.6 Å². The highest BCUT2D eigenvalue weighted by atomic mass is 32.1. The maximum atomic E-state index is 13.7. The first-order chi connectivity index (χ1) is 18.4. The summed E-state index contributed by atoms with van der Waals surface area (Å²) < 4.78 is 26.8. The molecule has 1 aliphatic rings. The van der Waals surface area contributed by atoms with Crippen molar-refractivity contribution in [3.63, 3.8) is 0 Å². The van der Waals surface area contributed by atoms with E-state index in [0.717, 1.165) is 16.9 Å². The molecule has 0 radical (unpaired) electrons. The Kier molecular flexibility index (Phi) is 7.33. The van der Waals surface area contributed by atoms with Gasteiger partial charge in [0.1, 0.15) is 18.2 Å². The van der Waals surface area contributed by atoms with Gasteiger partial charge in [0.2, 0.25) is 0 Å². The second kappa shape index (κ2) is 11.0. The van der Waals surface area contributed by atoms with Gasteiger partial charge in [0.15, 0.2) is 4.80 Å².